The zero-order valence-corrected chi connectivity index (χ0v) is 11.0. The first kappa shape index (κ1) is 14.3. The van der Waals surface area contributed by atoms with E-state index in [4.69, 9.17) is 0 Å². The number of carbonyl (C=O) groups excluding carboxylic acids is 1. The third-order valence-electron chi connectivity index (χ3n) is 2.94. The number of hydrogen-bond acceptors (Lipinski definition) is 2. The molecule has 0 aliphatic heterocycles. The first-order valence-electron chi connectivity index (χ1n) is 6.05. The molecule has 0 unspecified atom stereocenters. The van der Waals surface area contributed by atoms with Crippen molar-refractivity contribution in [3.8, 4) is 11.3 Å². The number of alkyl halides is 3. The minimum absolute atomic E-state index is 0.0194. The Labute approximate surface area is 114 Å². The first-order valence-corrected chi connectivity index (χ1v) is 6.05. The second kappa shape index (κ2) is 5.11. The summed E-state index contributed by atoms with van der Waals surface area (Å²) in [6, 6.07) is 4.66. The van der Waals surface area contributed by atoms with Crippen LogP contribution in [0, 0.1) is 0 Å². The van der Waals surface area contributed by atoms with Crippen LogP contribution in [-0.2, 0) is 6.18 Å². The summed E-state index contributed by atoms with van der Waals surface area (Å²) >= 11 is 0. The summed E-state index contributed by atoms with van der Waals surface area (Å²) in [4.78, 5) is 11.1. The van der Waals surface area contributed by atoms with Crippen LogP contribution >= 0.6 is 0 Å². The molecule has 1 aromatic carbocycles. The van der Waals surface area contributed by atoms with Gasteiger partial charge in [0.2, 0.25) is 0 Å². The number of halogens is 3. The van der Waals surface area contributed by atoms with Gasteiger partial charge in [-0.2, -0.15) is 18.3 Å². The molecule has 0 atom stereocenters. The highest BCUT2D eigenvalue weighted by atomic mass is 19.4. The summed E-state index contributed by atoms with van der Waals surface area (Å²) in [5.41, 5.74) is 0.157. The summed E-state index contributed by atoms with van der Waals surface area (Å²) in [5.74, 6) is 0. The normalized spacial score (nSPS) is 11.9. The molecule has 0 saturated carbocycles. The van der Waals surface area contributed by atoms with Crippen molar-refractivity contribution in [1.29, 1.82) is 0 Å². The highest BCUT2D eigenvalue weighted by Crippen LogP contribution is 2.34. The predicted molar refractivity (Wildman–Crippen MR) is 68.4 cm³/mol. The lowest BCUT2D eigenvalue weighted by Crippen LogP contribution is -2.08. The Morgan fingerprint density at radius 2 is 1.95 bits per heavy atom. The Hall–Kier alpha value is -2.11. The van der Waals surface area contributed by atoms with Crippen LogP contribution < -0.4 is 0 Å². The minimum Gasteiger partial charge on any atom is -0.298 e. The molecule has 0 spiro atoms. The van der Waals surface area contributed by atoms with Gasteiger partial charge >= 0.3 is 6.18 Å². The Bertz CT molecular complexity index is 630. The fourth-order valence-corrected chi connectivity index (χ4v) is 2.00. The molecule has 0 saturated heterocycles. The highest BCUT2D eigenvalue weighted by Gasteiger charge is 2.31. The van der Waals surface area contributed by atoms with E-state index in [1.807, 2.05) is 13.8 Å². The van der Waals surface area contributed by atoms with E-state index in [-0.39, 0.29) is 17.2 Å². The van der Waals surface area contributed by atoms with Crippen molar-refractivity contribution in [1.82, 2.24) is 9.78 Å². The average molecular weight is 282 g/mol. The van der Waals surface area contributed by atoms with Gasteiger partial charge in [0.05, 0.1) is 11.3 Å². The van der Waals surface area contributed by atoms with E-state index in [9.17, 15) is 18.0 Å². The molecule has 6 heteroatoms. The monoisotopic (exact) mass is 282 g/mol. The standard InChI is InChI=1S/C14H13F3N2O/c1-9(2)19-13(5-6-18-19)12-7-11(14(15,16)17)4-3-10(12)8-20/h3-9H,1-2H3. The van der Waals surface area contributed by atoms with Crippen molar-refractivity contribution < 1.29 is 18.0 Å². The van der Waals surface area contributed by atoms with Crippen molar-refractivity contribution in [3.63, 3.8) is 0 Å². The van der Waals surface area contributed by atoms with Crippen LogP contribution in [0.5, 0.6) is 0 Å². The topological polar surface area (TPSA) is 34.9 Å². The number of hydrogen-bond donors (Lipinski definition) is 0. The smallest absolute Gasteiger partial charge is 0.298 e. The van der Waals surface area contributed by atoms with Gasteiger partial charge in [-0.05, 0) is 32.0 Å². The van der Waals surface area contributed by atoms with Gasteiger partial charge in [0.25, 0.3) is 0 Å². The third kappa shape index (κ3) is 2.59. The lowest BCUT2D eigenvalue weighted by atomic mass is 10.0. The number of benzene rings is 1. The number of aldehydes is 1. The van der Waals surface area contributed by atoms with Gasteiger partial charge in [-0.25, -0.2) is 0 Å². The molecule has 0 amide bonds. The van der Waals surface area contributed by atoms with Crippen molar-refractivity contribution in [2.24, 2.45) is 0 Å². The van der Waals surface area contributed by atoms with Crippen LogP contribution in [0.3, 0.4) is 0 Å². The maximum Gasteiger partial charge on any atom is 0.416 e. The summed E-state index contributed by atoms with van der Waals surface area (Å²) < 4.78 is 40.0. The van der Waals surface area contributed by atoms with Crippen LogP contribution in [0.2, 0.25) is 0 Å². The summed E-state index contributed by atoms with van der Waals surface area (Å²) in [6.07, 6.45) is -2.39. The van der Waals surface area contributed by atoms with E-state index in [0.717, 1.165) is 12.1 Å². The molecular formula is C14H13F3N2O. The molecule has 106 valence electrons. The molecule has 20 heavy (non-hydrogen) atoms. The van der Waals surface area contributed by atoms with E-state index in [1.54, 1.807) is 10.7 Å². The Morgan fingerprint density at radius 3 is 2.50 bits per heavy atom. The van der Waals surface area contributed by atoms with Gasteiger partial charge in [-0.15, -0.1) is 0 Å². The molecule has 0 fully saturated rings. The molecule has 2 rings (SSSR count). The van der Waals surface area contributed by atoms with E-state index in [2.05, 4.69) is 5.10 Å². The van der Waals surface area contributed by atoms with Crippen LogP contribution in [0.4, 0.5) is 13.2 Å². The molecule has 0 aliphatic carbocycles. The summed E-state index contributed by atoms with van der Waals surface area (Å²) in [6.45, 7) is 3.73. The largest absolute Gasteiger partial charge is 0.416 e. The number of rotatable bonds is 3. The van der Waals surface area contributed by atoms with E-state index >= 15 is 0 Å². The lowest BCUT2D eigenvalue weighted by Gasteiger charge is -2.14. The zero-order chi connectivity index (χ0) is 14.9. The Morgan fingerprint density at radius 1 is 1.25 bits per heavy atom. The average Bonchev–Trinajstić information content (AvgIpc) is 2.86. The first-order chi connectivity index (χ1) is 9.34. The molecule has 2 aromatic rings. The lowest BCUT2D eigenvalue weighted by molar-refractivity contribution is -0.137. The van der Waals surface area contributed by atoms with Gasteiger partial charge in [-0.1, -0.05) is 6.07 Å². The zero-order valence-electron chi connectivity index (χ0n) is 11.0. The molecule has 3 nitrogen and oxygen atoms in total. The maximum absolute atomic E-state index is 12.8. The van der Waals surface area contributed by atoms with Crippen LogP contribution in [-0.4, -0.2) is 16.1 Å². The number of carbonyl (C=O) groups is 1. The summed E-state index contributed by atoms with van der Waals surface area (Å²) in [5, 5.41) is 4.08. The van der Waals surface area contributed by atoms with Crippen molar-refractivity contribution in [2.75, 3.05) is 0 Å². The molecular weight excluding hydrogens is 269 g/mol. The maximum atomic E-state index is 12.8. The molecule has 0 radical (unpaired) electrons. The molecule has 1 aromatic heterocycles. The Balaban J connectivity index is 2.65. The minimum atomic E-state index is -4.45. The van der Waals surface area contributed by atoms with Gasteiger partial charge in [-0.3, -0.25) is 9.48 Å². The predicted octanol–water partition coefficient (Wildman–Crippen LogP) is 3.96. The van der Waals surface area contributed by atoms with Crippen molar-refractivity contribution in [3.05, 3.63) is 41.6 Å². The quantitative estimate of drug-likeness (QED) is 0.799. The van der Waals surface area contributed by atoms with Gasteiger partial charge < -0.3 is 0 Å². The second-order valence-electron chi connectivity index (χ2n) is 4.67. The molecule has 1 heterocycles. The number of nitrogens with zero attached hydrogens (tertiary/aromatic N) is 2. The summed E-state index contributed by atoms with van der Waals surface area (Å²) in [7, 11) is 0. The van der Waals surface area contributed by atoms with Crippen LogP contribution in [0.25, 0.3) is 11.3 Å². The molecule has 0 N–H and O–H groups in total. The fourth-order valence-electron chi connectivity index (χ4n) is 2.00. The van der Waals surface area contributed by atoms with Crippen molar-refractivity contribution in [2.45, 2.75) is 26.1 Å². The van der Waals surface area contributed by atoms with Gasteiger partial charge in [0.1, 0.15) is 0 Å². The van der Waals surface area contributed by atoms with E-state index in [0.29, 0.717) is 12.0 Å². The van der Waals surface area contributed by atoms with Gasteiger partial charge in [0, 0.05) is 23.4 Å². The fraction of sp³-hybridized carbons (Fsp3) is 0.286. The van der Waals surface area contributed by atoms with Crippen LogP contribution in [0.1, 0.15) is 35.8 Å². The Kier molecular flexibility index (Phi) is 3.65. The van der Waals surface area contributed by atoms with E-state index < -0.39 is 11.7 Å². The SMILES string of the molecule is CC(C)n1nccc1-c1cc(C(F)(F)F)ccc1C=O. The molecule has 0 aliphatic rings. The molecule has 0 bridgehead atoms. The third-order valence-corrected chi connectivity index (χ3v) is 2.94. The van der Waals surface area contributed by atoms with Gasteiger partial charge in [0.15, 0.2) is 6.29 Å². The van der Waals surface area contributed by atoms with E-state index in [1.165, 1.54) is 12.3 Å². The second-order valence-corrected chi connectivity index (χ2v) is 4.67. The van der Waals surface area contributed by atoms with Crippen LogP contribution in [0.15, 0.2) is 30.5 Å². The number of aromatic nitrogens is 2. The highest BCUT2D eigenvalue weighted by molar-refractivity contribution is 5.87. The van der Waals surface area contributed by atoms with Crippen molar-refractivity contribution >= 4 is 6.29 Å².